The Bertz CT molecular complexity index is 1140. The summed E-state index contributed by atoms with van der Waals surface area (Å²) in [6.45, 7) is 2.03. The molecule has 2 heterocycles. The molecule has 0 saturated heterocycles. The zero-order chi connectivity index (χ0) is 19.1. The second-order valence-electron chi connectivity index (χ2n) is 7.33. The summed E-state index contributed by atoms with van der Waals surface area (Å²) in [5.74, 6) is 1.45. The van der Waals surface area contributed by atoms with Crippen molar-refractivity contribution in [2.24, 2.45) is 0 Å². The van der Waals surface area contributed by atoms with E-state index < -0.39 is 0 Å². The van der Waals surface area contributed by atoms with E-state index in [9.17, 15) is 4.79 Å². The zero-order valence-corrected chi connectivity index (χ0v) is 15.6. The van der Waals surface area contributed by atoms with Crippen LogP contribution in [0.5, 0.6) is 0 Å². The highest BCUT2D eigenvalue weighted by atomic mass is 16.1. The molecule has 0 radical (unpaired) electrons. The maximum Gasteiger partial charge on any atom is 0.252 e. The molecule has 6 heteroatoms. The van der Waals surface area contributed by atoms with Gasteiger partial charge in [0.15, 0.2) is 0 Å². The average Bonchev–Trinajstić information content (AvgIpc) is 3.41. The van der Waals surface area contributed by atoms with Crippen LogP contribution in [-0.4, -0.2) is 26.9 Å². The molecule has 1 fully saturated rings. The molecule has 1 aliphatic rings. The lowest BCUT2D eigenvalue weighted by Crippen LogP contribution is -2.26. The molecule has 0 aliphatic heterocycles. The first-order valence-corrected chi connectivity index (χ1v) is 9.59. The second-order valence-corrected chi connectivity index (χ2v) is 7.33. The number of aromatic nitrogens is 3. The van der Waals surface area contributed by atoms with Crippen LogP contribution in [0, 0.1) is 0 Å². The molecule has 4 aromatic rings. The van der Waals surface area contributed by atoms with Crippen LogP contribution < -0.4 is 10.6 Å². The molecule has 28 heavy (non-hydrogen) atoms. The van der Waals surface area contributed by atoms with Crippen molar-refractivity contribution in [1.29, 1.82) is 0 Å². The topological polar surface area (TPSA) is 82.7 Å². The van der Waals surface area contributed by atoms with E-state index in [0.29, 0.717) is 17.4 Å². The molecular formula is C22H21N5O. The van der Waals surface area contributed by atoms with Crippen LogP contribution in [0.4, 0.5) is 5.82 Å². The van der Waals surface area contributed by atoms with Crippen molar-refractivity contribution in [3.8, 4) is 0 Å². The first-order valence-electron chi connectivity index (χ1n) is 9.59. The van der Waals surface area contributed by atoms with Gasteiger partial charge in [0.1, 0.15) is 11.6 Å². The van der Waals surface area contributed by atoms with Gasteiger partial charge in [0.05, 0.1) is 28.2 Å². The lowest BCUT2D eigenvalue weighted by atomic mass is 10.1. The van der Waals surface area contributed by atoms with Crippen molar-refractivity contribution in [1.82, 2.24) is 20.3 Å². The summed E-state index contributed by atoms with van der Waals surface area (Å²) in [6.07, 6.45) is 2.12. The number of benzene rings is 2. The number of imidazole rings is 1. The molecule has 1 amide bonds. The number of rotatable bonds is 5. The predicted molar refractivity (Wildman–Crippen MR) is 110 cm³/mol. The van der Waals surface area contributed by atoms with Gasteiger partial charge >= 0.3 is 0 Å². The van der Waals surface area contributed by atoms with E-state index in [2.05, 4.69) is 20.6 Å². The van der Waals surface area contributed by atoms with Gasteiger partial charge in [0.25, 0.3) is 5.91 Å². The number of fused-ring (bicyclic) bond motifs is 2. The van der Waals surface area contributed by atoms with E-state index >= 15 is 0 Å². The van der Waals surface area contributed by atoms with Crippen molar-refractivity contribution >= 4 is 33.7 Å². The first kappa shape index (κ1) is 16.7. The lowest BCUT2D eigenvalue weighted by molar-refractivity contribution is 0.0952. The van der Waals surface area contributed by atoms with E-state index in [-0.39, 0.29) is 11.9 Å². The van der Waals surface area contributed by atoms with Crippen molar-refractivity contribution in [3.05, 3.63) is 66.0 Å². The quantitative estimate of drug-likeness (QED) is 0.492. The first-order chi connectivity index (χ1) is 13.7. The van der Waals surface area contributed by atoms with Gasteiger partial charge in [0.2, 0.25) is 0 Å². The smallest absolute Gasteiger partial charge is 0.252 e. The maximum absolute atomic E-state index is 12.7. The molecule has 140 valence electrons. The number of carbonyl (C=O) groups is 1. The molecule has 1 unspecified atom stereocenters. The van der Waals surface area contributed by atoms with E-state index in [1.165, 1.54) is 0 Å². The molecule has 3 N–H and O–H groups in total. The number of pyridine rings is 1. The van der Waals surface area contributed by atoms with Gasteiger partial charge in [-0.25, -0.2) is 9.97 Å². The zero-order valence-electron chi connectivity index (χ0n) is 15.6. The summed E-state index contributed by atoms with van der Waals surface area (Å²) in [7, 11) is 0. The molecule has 5 rings (SSSR count). The third-order valence-electron chi connectivity index (χ3n) is 5.06. The number of hydrogen-bond donors (Lipinski definition) is 3. The van der Waals surface area contributed by atoms with Crippen molar-refractivity contribution in [2.75, 3.05) is 5.32 Å². The maximum atomic E-state index is 12.7. The second kappa shape index (κ2) is 6.64. The van der Waals surface area contributed by atoms with E-state index in [0.717, 1.165) is 40.6 Å². The SMILES string of the molecule is CC(Nc1cc(C(=O)NC2CC2)c2ccccc2n1)c1nc2ccccc2[nH]1. The Morgan fingerprint density at radius 3 is 2.61 bits per heavy atom. The van der Waals surface area contributed by atoms with Gasteiger partial charge in [-0.05, 0) is 44.0 Å². The number of H-pyrrole nitrogens is 1. The highest BCUT2D eigenvalue weighted by Crippen LogP contribution is 2.26. The third-order valence-corrected chi connectivity index (χ3v) is 5.06. The van der Waals surface area contributed by atoms with Gasteiger partial charge in [0, 0.05) is 11.4 Å². The minimum absolute atomic E-state index is 0.0412. The molecule has 6 nitrogen and oxygen atoms in total. The van der Waals surface area contributed by atoms with Gasteiger partial charge < -0.3 is 15.6 Å². The summed E-state index contributed by atoms with van der Waals surface area (Å²) in [6, 6.07) is 17.7. The number of nitrogens with zero attached hydrogens (tertiary/aromatic N) is 2. The number of para-hydroxylation sites is 3. The summed E-state index contributed by atoms with van der Waals surface area (Å²) in [5.41, 5.74) is 3.38. The van der Waals surface area contributed by atoms with Gasteiger partial charge in [-0.15, -0.1) is 0 Å². The molecule has 0 spiro atoms. The number of anilines is 1. The minimum Gasteiger partial charge on any atom is -0.360 e. The minimum atomic E-state index is -0.0830. The molecule has 2 aromatic carbocycles. The number of carbonyl (C=O) groups excluding carboxylic acids is 1. The standard InChI is InChI=1S/C22H21N5O/c1-13(21-26-18-8-4-5-9-19(18)27-21)23-20-12-16(22(28)24-14-10-11-14)15-6-2-3-7-17(15)25-20/h2-9,12-14H,10-11H2,1H3,(H,23,25)(H,24,28)(H,26,27). The Balaban J connectivity index is 1.48. The Morgan fingerprint density at radius 1 is 1.07 bits per heavy atom. The third kappa shape index (κ3) is 3.17. The van der Waals surface area contributed by atoms with E-state index in [1.807, 2.05) is 61.5 Å². The van der Waals surface area contributed by atoms with Crippen LogP contribution in [0.1, 0.15) is 42.0 Å². The van der Waals surface area contributed by atoms with Crippen LogP contribution in [0.25, 0.3) is 21.9 Å². The van der Waals surface area contributed by atoms with Gasteiger partial charge in [-0.3, -0.25) is 4.79 Å². The van der Waals surface area contributed by atoms with Gasteiger partial charge in [-0.2, -0.15) is 0 Å². The monoisotopic (exact) mass is 371 g/mol. The molecule has 1 saturated carbocycles. The fourth-order valence-corrected chi connectivity index (χ4v) is 3.40. The Kier molecular flexibility index (Phi) is 3.97. The van der Waals surface area contributed by atoms with Crippen LogP contribution in [-0.2, 0) is 0 Å². The summed E-state index contributed by atoms with van der Waals surface area (Å²) in [4.78, 5) is 25.4. The largest absolute Gasteiger partial charge is 0.360 e. The van der Waals surface area contributed by atoms with Crippen LogP contribution in [0.3, 0.4) is 0 Å². The highest BCUT2D eigenvalue weighted by Gasteiger charge is 2.25. The Hall–Kier alpha value is -3.41. The van der Waals surface area contributed by atoms with Crippen molar-refractivity contribution in [2.45, 2.75) is 31.8 Å². The average molecular weight is 371 g/mol. The molecule has 1 atom stereocenters. The Labute approximate surface area is 162 Å². The fraction of sp³-hybridized carbons (Fsp3) is 0.227. The summed E-state index contributed by atoms with van der Waals surface area (Å²) >= 11 is 0. The lowest BCUT2D eigenvalue weighted by Gasteiger charge is -2.15. The van der Waals surface area contributed by atoms with E-state index in [4.69, 9.17) is 4.98 Å². The van der Waals surface area contributed by atoms with Crippen LogP contribution >= 0.6 is 0 Å². The van der Waals surface area contributed by atoms with Crippen LogP contribution in [0.15, 0.2) is 54.6 Å². The number of aromatic amines is 1. The predicted octanol–water partition coefficient (Wildman–Crippen LogP) is 4.18. The summed E-state index contributed by atoms with van der Waals surface area (Å²) in [5, 5.41) is 7.33. The molecular weight excluding hydrogens is 350 g/mol. The fourth-order valence-electron chi connectivity index (χ4n) is 3.40. The number of amides is 1. The molecule has 0 bridgehead atoms. The van der Waals surface area contributed by atoms with Crippen molar-refractivity contribution in [3.63, 3.8) is 0 Å². The normalized spacial score (nSPS) is 14.9. The highest BCUT2D eigenvalue weighted by molar-refractivity contribution is 6.07. The van der Waals surface area contributed by atoms with Crippen molar-refractivity contribution < 1.29 is 4.79 Å². The van der Waals surface area contributed by atoms with Crippen LogP contribution in [0.2, 0.25) is 0 Å². The molecule has 2 aromatic heterocycles. The summed E-state index contributed by atoms with van der Waals surface area (Å²) < 4.78 is 0. The Morgan fingerprint density at radius 2 is 1.82 bits per heavy atom. The van der Waals surface area contributed by atoms with E-state index in [1.54, 1.807) is 0 Å². The van der Waals surface area contributed by atoms with Gasteiger partial charge in [-0.1, -0.05) is 30.3 Å². The molecule has 1 aliphatic carbocycles. The number of hydrogen-bond acceptors (Lipinski definition) is 4. The number of nitrogens with one attached hydrogen (secondary N) is 3.